The second-order valence-electron chi connectivity index (χ2n) is 6.46. The van der Waals surface area contributed by atoms with E-state index in [1.165, 1.54) is 25.5 Å². The highest BCUT2D eigenvalue weighted by molar-refractivity contribution is 6.08. The van der Waals surface area contributed by atoms with Crippen molar-refractivity contribution in [2.45, 2.75) is 6.18 Å². The molecule has 3 N–H and O–H groups in total. The molecule has 1 saturated heterocycles. The molecule has 0 spiro atoms. The highest BCUT2D eigenvalue weighted by Gasteiger charge is 2.29. The van der Waals surface area contributed by atoms with Crippen LogP contribution in [0.2, 0.25) is 0 Å². The topological polar surface area (TPSA) is 92.8 Å². The number of nitrogens with zero attached hydrogens (tertiary/aromatic N) is 3. The molecule has 0 saturated carbocycles. The number of anilines is 1. The van der Waals surface area contributed by atoms with Crippen molar-refractivity contribution in [2.24, 2.45) is 10.7 Å². The summed E-state index contributed by atoms with van der Waals surface area (Å²) < 4.78 is 42.4. The fraction of sp³-hybridized carbons (Fsp3) is 0.250. The van der Waals surface area contributed by atoms with Gasteiger partial charge in [-0.15, -0.1) is 0 Å². The number of amides is 1. The van der Waals surface area contributed by atoms with Crippen LogP contribution in [0.1, 0.15) is 10.4 Å². The van der Waals surface area contributed by atoms with E-state index < -0.39 is 12.8 Å². The Hall–Kier alpha value is -3.56. The number of nitrogens with one attached hydrogen (secondary N) is 1. The first-order chi connectivity index (χ1) is 14.3. The highest BCUT2D eigenvalue weighted by atomic mass is 19.4. The van der Waals surface area contributed by atoms with Crippen LogP contribution in [0.25, 0.3) is 0 Å². The van der Waals surface area contributed by atoms with Gasteiger partial charge in [0.2, 0.25) is 0 Å². The summed E-state index contributed by atoms with van der Waals surface area (Å²) in [4.78, 5) is 22.3. The number of aliphatic imine (C=N–C) groups is 1. The molecule has 1 fully saturated rings. The number of halogens is 3. The van der Waals surface area contributed by atoms with Gasteiger partial charge >= 0.3 is 6.18 Å². The zero-order chi connectivity index (χ0) is 21.7. The van der Waals surface area contributed by atoms with Crippen molar-refractivity contribution in [3.8, 4) is 5.75 Å². The molecule has 1 aromatic carbocycles. The van der Waals surface area contributed by atoms with E-state index in [1.807, 2.05) is 4.90 Å². The van der Waals surface area contributed by atoms with Crippen LogP contribution in [0.15, 0.2) is 59.4 Å². The minimum atomic E-state index is -4.45. The van der Waals surface area contributed by atoms with Gasteiger partial charge in [0, 0.05) is 31.6 Å². The van der Waals surface area contributed by atoms with Crippen molar-refractivity contribution in [1.29, 1.82) is 0 Å². The molecule has 0 bridgehead atoms. The van der Waals surface area contributed by atoms with E-state index in [2.05, 4.69) is 15.3 Å². The highest BCUT2D eigenvalue weighted by Crippen LogP contribution is 2.31. The number of pyridine rings is 1. The zero-order valence-electron chi connectivity index (χ0n) is 16.1. The number of aromatic nitrogens is 1. The molecule has 1 amide bonds. The lowest BCUT2D eigenvalue weighted by molar-refractivity contribution is -0.153. The third kappa shape index (κ3) is 5.07. The van der Waals surface area contributed by atoms with Gasteiger partial charge in [-0.25, -0.2) is 9.98 Å². The normalized spacial score (nSPS) is 16.9. The van der Waals surface area contributed by atoms with Gasteiger partial charge in [-0.1, -0.05) is 12.1 Å². The number of alkyl halides is 3. The third-order valence-electron chi connectivity index (χ3n) is 4.35. The molecule has 7 nitrogen and oxygen atoms in total. The summed E-state index contributed by atoms with van der Waals surface area (Å²) in [7, 11) is 1.54. The number of benzene rings is 1. The van der Waals surface area contributed by atoms with E-state index in [-0.39, 0.29) is 17.3 Å². The number of carbonyl (C=O) groups excluding carboxylic acids is 1. The molecule has 30 heavy (non-hydrogen) atoms. The Morgan fingerprint density at radius 3 is 2.70 bits per heavy atom. The molecule has 1 aliphatic heterocycles. The van der Waals surface area contributed by atoms with E-state index in [4.69, 9.17) is 10.5 Å². The first-order valence-corrected chi connectivity index (χ1v) is 9.01. The van der Waals surface area contributed by atoms with E-state index in [9.17, 15) is 18.0 Å². The molecule has 3 rings (SSSR count). The van der Waals surface area contributed by atoms with Gasteiger partial charge < -0.3 is 20.7 Å². The molecule has 158 valence electrons. The molecule has 10 heteroatoms. The number of hydrogen-bond acceptors (Lipinski definition) is 6. The molecule has 0 unspecified atom stereocenters. The number of nitrogens with two attached hydrogens (primary N) is 1. The second kappa shape index (κ2) is 8.85. The lowest BCUT2D eigenvalue weighted by Gasteiger charge is -2.15. The first-order valence-electron chi connectivity index (χ1n) is 9.01. The molecule has 1 aliphatic rings. The van der Waals surface area contributed by atoms with Crippen LogP contribution in [-0.2, 0) is 0 Å². The average Bonchev–Trinajstić information content (AvgIpc) is 3.15. The molecular weight excluding hydrogens is 399 g/mol. The van der Waals surface area contributed by atoms with Crippen molar-refractivity contribution in [3.05, 3.63) is 59.9 Å². The van der Waals surface area contributed by atoms with Crippen molar-refractivity contribution >= 4 is 23.1 Å². The SMILES string of the molecule is CNC(=O)c1ccc(N2CC(=CN)C(=Nc3ccccc3OCC(F)(F)F)C2)nc1. The Bertz CT molecular complexity index is 971. The van der Waals surface area contributed by atoms with Gasteiger partial charge in [-0.05, 0) is 24.3 Å². The van der Waals surface area contributed by atoms with Crippen molar-refractivity contribution in [3.63, 3.8) is 0 Å². The van der Waals surface area contributed by atoms with E-state index in [0.717, 1.165) is 5.57 Å². The molecule has 1 aromatic heterocycles. The summed E-state index contributed by atoms with van der Waals surface area (Å²) >= 11 is 0. The Morgan fingerprint density at radius 1 is 1.30 bits per heavy atom. The Balaban J connectivity index is 1.82. The smallest absolute Gasteiger partial charge is 0.422 e. The summed E-state index contributed by atoms with van der Waals surface area (Å²) in [6.07, 6.45) is -1.56. The predicted molar refractivity (Wildman–Crippen MR) is 107 cm³/mol. The number of carbonyl (C=O) groups is 1. The summed E-state index contributed by atoms with van der Waals surface area (Å²) in [5.41, 5.74) is 7.76. The number of para-hydroxylation sites is 2. The molecule has 2 heterocycles. The van der Waals surface area contributed by atoms with Crippen LogP contribution in [0.5, 0.6) is 5.75 Å². The van der Waals surface area contributed by atoms with Crippen molar-refractivity contribution in [2.75, 3.05) is 31.6 Å². The maximum absolute atomic E-state index is 12.5. The van der Waals surface area contributed by atoms with Crippen LogP contribution in [-0.4, -0.2) is 49.5 Å². The quantitative estimate of drug-likeness (QED) is 0.778. The lowest BCUT2D eigenvalue weighted by Crippen LogP contribution is -2.22. The molecule has 0 aliphatic carbocycles. The minimum Gasteiger partial charge on any atom is -0.482 e. The van der Waals surface area contributed by atoms with Gasteiger partial charge in [0.25, 0.3) is 5.91 Å². The fourth-order valence-electron chi connectivity index (χ4n) is 2.88. The van der Waals surface area contributed by atoms with Crippen LogP contribution < -0.4 is 20.7 Å². The molecular formula is C20H20F3N5O2. The number of rotatable bonds is 5. The van der Waals surface area contributed by atoms with Gasteiger partial charge in [0.1, 0.15) is 17.3 Å². The van der Waals surface area contributed by atoms with Crippen LogP contribution in [0.4, 0.5) is 24.7 Å². The standard InChI is InChI=1S/C20H20F3N5O2/c1-25-19(29)13-6-7-18(26-9-13)28-10-14(8-24)16(11-28)27-15-4-2-3-5-17(15)30-12-20(21,22)23/h2-9H,10-12,24H2,1H3,(H,25,29). The number of hydrogen-bond donors (Lipinski definition) is 2. The first kappa shape index (κ1) is 21.2. The summed E-state index contributed by atoms with van der Waals surface area (Å²) in [6, 6.07) is 9.62. The molecule has 2 aromatic rings. The summed E-state index contributed by atoms with van der Waals surface area (Å²) in [6.45, 7) is -0.627. The maximum Gasteiger partial charge on any atom is 0.422 e. The van der Waals surface area contributed by atoms with Crippen molar-refractivity contribution in [1.82, 2.24) is 10.3 Å². The monoisotopic (exact) mass is 419 g/mol. The van der Waals surface area contributed by atoms with Gasteiger partial charge in [-0.2, -0.15) is 13.2 Å². The average molecular weight is 419 g/mol. The summed E-state index contributed by atoms with van der Waals surface area (Å²) in [5.74, 6) is 0.412. The minimum absolute atomic E-state index is 0.0326. The molecule has 0 atom stereocenters. The van der Waals surface area contributed by atoms with Gasteiger partial charge in [-0.3, -0.25) is 4.79 Å². The lowest BCUT2D eigenvalue weighted by atomic mass is 10.2. The van der Waals surface area contributed by atoms with Crippen LogP contribution >= 0.6 is 0 Å². The largest absolute Gasteiger partial charge is 0.482 e. The van der Waals surface area contributed by atoms with E-state index in [1.54, 1.807) is 30.3 Å². The zero-order valence-corrected chi connectivity index (χ0v) is 16.1. The maximum atomic E-state index is 12.5. The van der Waals surface area contributed by atoms with E-state index in [0.29, 0.717) is 30.2 Å². The predicted octanol–water partition coefficient (Wildman–Crippen LogP) is 2.82. The van der Waals surface area contributed by atoms with Crippen molar-refractivity contribution < 1.29 is 22.7 Å². The Morgan fingerprint density at radius 2 is 2.07 bits per heavy atom. The molecule has 0 radical (unpaired) electrons. The number of ether oxygens (including phenoxy) is 1. The van der Waals surface area contributed by atoms with Gasteiger partial charge in [0.15, 0.2) is 6.61 Å². The van der Waals surface area contributed by atoms with Crippen LogP contribution in [0, 0.1) is 0 Å². The Labute approximate surface area is 171 Å². The third-order valence-corrected chi connectivity index (χ3v) is 4.35. The second-order valence-corrected chi connectivity index (χ2v) is 6.46. The Kier molecular flexibility index (Phi) is 6.24. The van der Waals surface area contributed by atoms with Crippen LogP contribution in [0.3, 0.4) is 0 Å². The fourth-order valence-corrected chi connectivity index (χ4v) is 2.88. The van der Waals surface area contributed by atoms with Gasteiger partial charge in [0.05, 0.1) is 17.8 Å². The van der Waals surface area contributed by atoms with E-state index >= 15 is 0 Å². The summed E-state index contributed by atoms with van der Waals surface area (Å²) in [5, 5.41) is 2.53.